The zero-order valence-corrected chi connectivity index (χ0v) is 15.8. The molecule has 0 aliphatic rings. The van der Waals surface area contributed by atoms with Crippen molar-refractivity contribution in [2.75, 3.05) is 0 Å². The molecule has 0 unspecified atom stereocenters. The van der Waals surface area contributed by atoms with Gasteiger partial charge in [-0.05, 0) is 49.6 Å². The molecule has 0 radical (unpaired) electrons. The van der Waals surface area contributed by atoms with Crippen LogP contribution in [-0.4, -0.2) is 21.5 Å². The molecule has 1 atom stereocenters. The summed E-state index contributed by atoms with van der Waals surface area (Å²) in [4.78, 5) is 17.1. The maximum atomic E-state index is 12.5. The molecule has 0 spiro atoms. The lowest BCUT2D eigenvalue weighted by molar-refractivity contribution is 0.0938. The molecule has 5 heteroatoms. The van der Waals surface area contributed by atoms with E-state index in [1.807, 2.05) is 47.3 Å². The summed E-state index contributed by atoms with van der Waals surface area (Å²) < 4.78 is 3.02. The van der Waals surface area contributed by atoms with Crippen molar-refractivity contribution < 1.29 is 4.79 Å². The molecule has 1 aromatic carbocycles. The number of fused-ring (bicyclic) bond motifs is 1. The van der Waals surface area contributed by atoms with Gasteiger partial charge in [0.05, 0.1) is 10.2 Å². The van der Waals surface area contributed by atoms with E-state index in [-0.39, 0.29) is 11.9 Å². The van der Waals surface area contributed by atoms with Crippen LogP contribution in [0.25, 0.3) is 15.3 Å². The Hall–Kier alpha value is -2.14. The first-order valence-corrected chi connectivity index (χ1v) is 9.69. The SMILES string of the molecule is CC(C)CCC[C@H](C)NC(=O)c1ccc2nc(-n3cccc3)sc2c1. The predicted molar refractivity (Wildman–Crippen MR) is 105 cm³/mol. The van der Waals surface area contributed by atoms with Crippen LogP contribution in [-0.2, 0) is 0 Å². The van der Waals surface area contributed by atoms with Gasteiger partial charge in [0, 0.05) is 24.0 Å². The Bertz CT molecular complexity index is 836. The molecule has 25 heavy (non-hydrogen) atoms. The Balaban J connectivity index is 1.67. The van der Waals surface area contributed by atoms with E-state index in [1.165, 1.54) is 6.42 Å². The number of hydrogen-bond donors (Lipinski definition) is 1. The number of carbonyl (C=O) groups excluding carboxylic acids is 1. The quantitative estimate of drug-likeness (QED) is 0.646. The van der Waals surface area contributed by atoms with Gasteiger partial charge in [-0.2, -0.15) is 0 Å². The van der Waals surface area contributed by atoms with Crippen LogP contribution in [0.15, 0.2) is 42.7 Å². The van der Waals surface area contributed by atoms with Crippen LogP contribution in [0.5, 0.6) is 0 Å². The lowest BCUT2D eigenvalue weighted by atomic mass is 10.0. The van der Waals surface area contributed by atoms with Crippen molar-refractivity contribution in [1.82, 2.24) is 14.9 Å². The van der Waals surface area contributed by atoms with Gasteiger partial charge in [0.15, 0.2) is 5.13 Å². The maximum absolute atomic E-state index is 12.5. The second-order valence-electron chi connectivity index (χ2n) is 6.97. The number of benzene rings is 1. The molecule has 3 rings (SSSR count). The normalized spacial score (nSPS) is 12.6. The summed E-state index contributed by atoms with van der Waals surface area (Å²) in [6, 6.07) is 9.88. The molecule has 2 heterocycles. The first kappa shape index (κ1) is 17.7. The van der Waals surface area contributed by atoms with Gasteiger partial charge in [-0.1, -0.05) is 38.0 Å². The minimum atomic E-state index is -0.00476. The van der Waals surface area contributed by atoms with Gasteiger partial charge in [-0.15, -0.1) is 0 Å². The Morgan fingerprint density at radius 2 is 1.96 bits per heavy atom. The fraction of sp³-hybridized carbons (Fsp3) is 0.400. The molecule has 0 bridgehead atoms. The lowest BCUT2D eigenvalue weighted by Gasteiger charge is -2.14. The Labute approximate surface area is 152 Å². The van der Waals surface area contributed by atoms with Crippen LogP contribution in [0.2, 0.25) is 0 Å². The highest BCUT2D eigenvalue weighted by atomic mass is 32.1. The van der Waals surface area contributed by atoms with Gasteiger partial charge in [0.25, 0.3) is 5.91 Å². The van der Waals surface area contributed by atoms with Crippen molar-refractivity contribution in [3.8, 4) is 5.13 Å². The number of aromatic nitrogens is 2. The third kappa shape index (κ3) is 4.48. The van der Waals surface area contributed by atoms with E-state index in [4.69, 9.17) is 0 Å². The number of rotatable bonds is 7. The van der Waals surface area contributed by atoms with Crippen molar-refractivity contribution in [3.63, 3.8) is 0 Å². The molecular weight excluding hydrogens is 330 g/mol. The molecule has 0 saturated heterocycles. The molecule has 0 aliphatic carbocycles. The van der Waals surface area contributed by atoms with E-state index in [0.29, 0.717) is 11.5 Å². The molecule has 1 N–H and O–H groups in total. The molecule has 132 valence electrons. The van der Waals surface area contributed by atoms with Gasteiger partial charge in [0.1, 0.15) is 0 Å². The van der Waals surface area contributed by atoms with Crippen molar-refractivity contribution in [3.05, 3.63) is 48.3 Å². The zero-order chi connectivity index (χ0) is 17.8. The summed E-state index contributed by atoms with van der Waals surface area (Å²) in [7, 11) is 0. The minimum Gasteiger partial charge on any atom is -0.350 e. The molecule has 2 aromatic heterocycles. The first-order chi connectivity index (χ1) is 12.0. The van der Waals surface area contributed by atoms with Gasteiger partial charge in [0.2, 0.25) is 0 Å². The summed E-state index contributed by atoms with van der Waals surface area (Å²) in [6.07, 6.45) is 7.32. The molecule has 0 saturated carbocycles. The first-order valence-electron chi connectivity index (χ1n) is 8.87. The van der Waals surface area contributed by atoms with Crippen molar-refractivity contribution >= 4 is 27.5 Å². The number of nitrogens with one attached hydrogen (secondary N) is 1. The van der Waals surface area contributed by atoms with Gasteiger partial charge >= 0.3 is 0 Å². The van der Waals surface area contributed by atoms with Crippen molar-refractivity contribution in [2.45, 2.75) is 46.1 Å². The summed E-state index contributed by atoms with van der Waals surface area (Å²) in [5, 5.41) is 4.03. The number of thiazole rings is 1. The van der Waals surface area contributed by atoms with E-state index in [0.717, 1.165) is 28.2 Å². The highest BCUT2D eigenvalue weighted by Gasteiger charge is 2.12. The van der Waals surface area contributed by atoms with Crippen LogP contribution in [0.4, 0.5) is 0 Å². The highest BCUT2D eigenvalue weighted by molar-refractivity contribution is 7.20. The van der Waals surface area contributed by atoms with E-state index in [2.05, 4.69) is 31.1 Å². The summed E-state index contributed by atoms with van der Waals surface area (Å²) in [6.45, 7) is 6.54. The molecular formula is C20H25N3OS. The average molecular weight is 356 g/mol. The van der Waals surface area contributed by atoms with Crippen LogP contribution in [0.1, 0.15) is 50.4 Å². The zero-order valence-electron chi connectivity index (χ0n) is 15.0. The highest BCUT2D eigenvalue weighted by Crippen LogP contribution is 2.26. The molecule has 4 nitrogen and oxygen atoms in total. The van der Waals surface area contributed by atoms with E-state index < -0.39 is 0 Å². The fourth-order valence-electron chi connectivity index (χ4n) is 2.84. The second-order valence-corrected chi connectivity index (χ2v) is 7.98. The molecule has 1 amide bonds. The third-order valence-corrected chi connectivity index (χ3v) is 5.29. The number of hydrogen-bond acceptors (Lipinski definition) is 3. The second kappa shape index (κ2) is 7.83. The molecule has 0 fully saturated rings. The van der Waals surface area contributed by atoms with Crippen LogP contribution < -0.4 is 5.32 Å². The fourth-order valence-corrected chi connectivity index (χ4v) is 3.81. The molecule has 3 aromatic rings. The molecule has 0 aliphatic heterocycles. The summed E-state index contributed by atoms with van der Waals surface area (Å²) >= 11 is 1.59. The Morgan fingerprint density at radius 1 is 1.20 bits per heavy atom. The largest absolute Gasteiger partial charge is 0.350 e. The van der Waals surface area contributed by atoms with Gasteiger partial charge in [-0.3, -0.25) is 4.79 Å². The lowest BCUT2D eigenvalue weighted by Crippen LogP contribution is -2.32. The van der Waals surface area contributed by atoms with Crippen molar-refractivity contribution in [2.24, 2.45) is 5.92 Å². The topological polar surface area (TPSA) is 46.9 Å². The Kier molecular flexibility index (Phi) is 5.53. The number of nitrogens with zero attached hydrogens (tertiary/aromatic N) is 2. The summed E-state index contributed by atoms with van der Waals surface area (Å²) in [5.74, 6) is 0.709. The van der Waals surface area contributed by atoms with Crippen LogP contribution in [0.3, 0.4) is 0 Å². The third-order valence-electron chi connectivity index (χ3n) is 4.26. The predicted octanol–water partition coefficient (Wildman–Crippen LogP) is 5.03. The minimum absolute atomic E-state index is 0.00476. The van der Waals surface area contributed by atoms with E-state index in [1.54, 1.807) is 11.3 Å². The van der Waals surface area contributed by atoms with Gasteiger partial charge in [-0.25, -0.2) is 4.98 Å². The van der Waals surface area contributed by atoms with Crippen molar-refractivity contribution in [1.29, 1.82) is 0 Å². The van der Waals surface area contributed by atoms with E-state index >= 15 is 0 Å². The van der Waals surface area contributed by atoms with Crippen LogP contribution >= 0.6 is 11.3 Å². The Morgan fingerprint density at radius 3 is 2.68 bits per heavy atom. The van der Waals surface area contributed by atoms with Crippen LogP contribution in [0, 0.1) is 5.92 Å². The standard InChI is InChI=1S/C20H25N3OS/c1-14(2)7-6-8-15(3)21-19(24)16-9-10-17-18(13-16)25-20(22-17)23-11-4-5-12-23/h4-5,9-15H,6-8H2,1-3H3,(H,21,24)/t15-/m0/s1. The summed E-state index contributed by atoms with van der Waals surface area (Å²) in [5.41, 5.74) is 1.63. The number of carbonyl (C=O) groups is 1. The van der Waals surface area contributed by atoms with E-state index in [9.17, 15) is 4.79 Å². The maximum Gasteiger partial charge on any atom is 0.251 e. The van der Waals surface area contributed by atoms with Gasteiger partial charge < -0.3 is 9.88 Å². The smallest absolute Gasteiger partial charge is 0.251 e. The number of amides is 1. The monoisotopic (exact) mass is 355 g/mol. The average Bonchev–Trinajstić information content (AvgIpc) is 3.22.